The SMILES string of the molecule is CCC(C(=O)Nc1ccc(C)c(C)c1)c1ccccc1. The fraction of sp³-hybridized carbons (Fsp3) is 0.278. The molecule has 0 saturated carbocycles. The van der Waals surface area contributed by atoms with E-state index in [9.17, 15) is 4.79 Å². The minimum atomic E-state index is -0.0993. The molecular formula is C18H21NO. The molecule has 0 aliphatic heterocycles. The Bertz CT molecular complexity index is 590. The van der Waals surface area contributed by atoms with Gasteiger partial charge < -0.3 is 5.32 Å². The van der Waals surface area contributed by atoms with Crippen molar-refractivity contribution in [3.63, 3.8) is 0 Å². The van der Waals surface area contributed by atoms with Crippen LogP contribution in [-0.4, -0.2) is 5.91 Å². The summed E-state index contributed by atoms with van der Waals surface area (Å²) in [6, 6.07) is 15.9. The zero-order valence-electron chi connectivity index (χ0n) is 12.3. The van der Waals surface area contributed by atoms with Gasteiger partial charge in [-0.1, -0.05) is 43.3 Å². The third kappa shape index (κ3) is 3.27. The van der Waals surface area contributed by atoms with Gasteiger partial charge in [-0.05, 0) is 49.1 Å². The van der Waals surface area contributed by atoms with Crippen LogP contribution >= 0.6 is 0 Å². The molecule has 104 valence electrons. The number of carbonyl (C=O) groups excluding carboxylic acids is 1. The molecule has 0 bridgehead atoms. The van der Waals surface area contributed by atoms with Crippen molar-refractivity contribution in [2.24, 2.45) is 0 Å². The van der Waals surface area contributed by atoms with Crippen LogP contribution < -0.4 is 5.32 Å². The fourth-order valence-electron chi connectivity index (χ4n) is 2.31. The van der Waals surface area contributed by atoms with Crippen molar-refractivity contribution in [3.8, 4) is 0 Å². The van der Waals surface area contributed by atoms with Crippen LogP contribution in [0.5, 0.6) is 0 Å². The second kappa shape index (κ2) is 6.38. The normalized spacial score (nSPS) is 11.9. The summed E-state index contributed by atoms with van der Waals surface area (Å²) in [4.78, 5) is 12.4. The number of hydrogen-bond donors (Lipinski definition) is 1. The van der Waals surface area contributed by atoms with E-state index in [-0.39, 0.29) is 11.8 Å². The average Bonchev–Trinajstić information content (AvgIpc) is 2.45. The van der Waals surface area contributed by atoms with Crippen molar-refractivity contribution in [1.29, 1.82) is 0 Å². The monoisotopic (exact) mass is 267 g/mol. The van der Waals surface area contributed by atoms with Crippen LogP contribution in [0.4, 0.5) is 5.69 Å². The zero-order chi connectivity index (χ0) is 14.5. The van der Waals surface area contributed by atoms with E-state index in [4.69, 9.17) is 0 Å². The molecule has 0 heterocycles. The summed E-state index contributed by atoms with van der Waals surface area (Å²) in [6.45, 7) is 6.16. The number of nitrogens with one attached hydrogen (secondary N) is 1. The molecule has 2 aromatic rings. The summed E-state index contributed by atoms with van der Waals surface area (Å²) < 4.78 is 0. The smallest absolute Gasteiger partial charge is 0.231 e. The second-order valence-corrected chi connectivity index (χ2v) is 5.16. The molecule has 1 N–H and O–H groups in total. The molecule has 0 fully saturated rings. The predicted octanol–water partition coefficient (Wildman–Crippen LogP) is 4.44. The summed E-state index contributed by atoms with van der Waals surface area (Å²) in [7, 11) is 0. The van der Waals surface area contributed by atoms with Crippen molar-refractivity contribution < 1.29 is 4.79 Å². The largest absolute Gasteiger partial charge is 0.326 e. The van der Waals surface area contributed by atoms with Gasteiger partial charge in [0.1, 0.15) is 0 Å². The Morgan fingerprint density at radius 3 is 2.35 bits per heavy atom. The number of amides is 1. The van der Waals surface area contributed by atoms with E-state index in [0.29, 0.717) is 0 Å². The summed E-state index contributed by atoms with van der Waals surface area (Å²) in [6.07, 6.45) is 0.792. The predicted molar refractivity (Wildman–Crippen MR) is 84.0 cm³/mol. The molecule has 1 unspecified atom stereocenters. The first-order chi connectivity index (χ1) is 9.61. The zero-order valence-corrected chi connectivity index (χ0v) is 12.3. The number of aryl methyl sites for hydroxylation is 2. The maximum Gasteiger partial charge on any atom is 0.231 e. The number of carbonyl (C=O) groups is 1. The van der Waals surface area contributed by atoms with E-state index in [1.54, 1.807) is 0 Å². The number of benzene rings is 2. The highest BCUT2D eigenvalue weighted by Crippen LogP contribution is 2.22. The van der Waals surface area contributed by atoms with Gasteiger partial charge in [0.05, 0.1) is 5.92 Å². The Balaban J connectivity index is 2.15. The molecule has 0 spiro atoms. The molecule has 0 saturated heterocycles. The maximum absolute atomic E-state index is 12.4. The van der Waals surface area contributed by atoms with Gasteiger partial charge in [0.2, 0.25) is 5.91 Å². The number of hydrogen-bond acceptors (Lipinski definition) is 1. The van der Waals surface area contributed by atoms with Crippen molar-refractivity contribution in [2.45, 2.75) is 33.1 Å². The molecule has 0 aliphatic carbocycles. The quantitative estimate of drug-likeness (QED) is 0.872. The van der Waals surface area contributed by atoms with Gasteiger partial charge in [-0.15, -0.1) is 0 Å². The summed E-state index contributed by atoms with van der Waals surface area (Å²) >= 11 is 0. The lowest BCUT2D eigenvalue weighted by molar-refractivity contribution is -0.117. The first-order valence-corrected chi connectivity index (χ1v) is 7.05. The molecule has 2 rings (SSSR count). The average molecular weight is 267 g/mol. The van der Waals surface area contributed by atoms with Gasteiger partial charge in [-0.2, -0.15) is 0 Å². The van der Waals surface area contributed by atoms with E-state index in [2.05, 4.69) is 19.2 Å². The Kier molecular flexibility index (Phi) is 4.57. The van der Waals surface area contributed by atoms with E-state index < -0.39 is 0 Å². The molecule has 0 aliphatic rings. The van der Waals surface area contributed by atoms with Gasteiger partial charge in [-0.25, -0.2) is 0 Å². The van der Waals surface area contributed by atoms with Crippen LogP contribution in [0, 0.1) is 13.8 Å². The van der Waals surface area contributed by atoms with Crippen LogP contribution in [0.15, 0.2) is 48.5 Å². The molecular weight excluding hydrogens is 246 g/mol. The molecule has 20 heavy (non-hydrogen) atoms. The number of rotatable bonds is 4. The standard InChI is InChI=1S/C18H21NO/c1-4-17(15-8-6-5-7-9-15)18(20)19-16-11-10-13(2)14(3)12-16/h5-12,17H,4H2,1-3H3,(H,19,20). The van der Waals surface area contributed by atoms with Crippen molar-refractivity contribution >= 4 is 11.6 Å². The lowest BCUT2D eigenvalue weighted by atomic mass is 9.95. The lowest BCUT2D eigenvalue weighted by Crippen LogP contribution is -2.20. The van der Waals surface area contributed by atoms with Crippen LogP contribution in [0.3, 0.4) is 0 Å². The van der Waals surface area contributed by atoms with Gasteiger partial charge in [-0.3, -0.25) is 4.79 Å². The molecule has 2 nitrogen and oxygen atoms in total. The third-order valence-corrected chi connectivity index (χ3v) is 3.70. The van der Waals surface area contributed by atoms with E-state index in [1.807, 2.05) is 55.5 Å². The van der Waals surface area contributed by atoms with Crippen LogP contribution in [0.1, 0.15) is 36.0 Å². The lowest BCUT2D eigenvalue weighted by Gasteiger charge is -2.16. The molecule has 2 heteroatoms. The molecule has 1 amide bonds. The second-order valence-electron chi connectivity index (χ2n) is 5.16. The number of anilines is 1. The van der Waals surface area contributed by atoms with Gasteiger partial charge in [0.15, 0.2) is 0 Å². The van der Waals surface area contributed by atoms with E-state index >= 15 is 0 Å². The van der Waals surface area contributed by atoms with Gasteiger partial charge in [0.25, 0.3) is 0 Å². The summed E-state index contributed by atoms with van der Waals surface area (Å²) in [5.41, 5.74) is 4.36. The minimum Gasteiger partial charge on any atom is -0.326 e. The van der Waals surface area contributed by atoms with E-state index in [0.717, 1.165) is 17.7 Å². The van der Waals surface area contributed by atoms with Crippen LogP contribution in [-0.2, 0) is 4.79 Å². The minimum absolute atomic E-state index is 0.0574. The highest BCUT2D eigenvalue weighted by molar-refractivity contribution is 5.95. The maximum atomic E-state index is 12.4. The van der Waals surface area contributed by atoms with E-state index in [1.165, 1.54) is 11.1 Å². The van der Waals surface area contributed by atoms with Gasteiger partial charge in [0, 0.05) is 5.69 Å². The molecule has 0 radical (unpaired) electrons. The fourth-order valence-corrected chi connectivity index (χ4v) is 2.31. The Hall–Kier alpha value is -2.09. The molecule has 1 atom stereocenters. The van der Waals surface area contributed by atoms with Crippen molar-refractivity contribution in [2.75, 3.05) is 5.32 Å². The van der Waals surface area contributed by atoms with Crippen LogP contribution in [0.2, 0.25) is 0 Å². The summed E-state index contributed by atoms with van der Waals surface area (Å²) in [5, 5.41) is 3.02. The third-order valence-electron chi connectivity index (χ3n) is 3.70. The highest BCUT2D eigenvalue weighted by Gasteiger charge is 2.18. The summed E-state index contributed by atoms with van der Waals surface area (Å²) in [5.74, 6) is -0.0419. The first kappa shape index (κ1) is 14.3. The molecule has 0 aromatic heterocycles. The van der Waals surface area contributed by atoms with Crippen molar-refractivity contribution in [3.05, 3.63) is 65.2 Å². The van der Waals surface area contributed by atoms with Gasteiger partial charge >= 0.3 is 0 Å². The topological polar surface area (TPSA) is 29.1 Å². The Morgan fingerprint density at radius 2 is 1.75 bits per heavy atom. The van der Waals surface area contributed by atoms with Crippen molar-refractivity contribution in [1.82, 2.24) is 0 Å². The Labute approximate surface area is 120 Å². The highest BCUT2D eigenvalue weighted by atomic mass is 16.1. The molecule has 2 aromatic carbocycles. The Morgan fingerprint density at radius 1 is 1.05 bits per heavy atom. The first-order valence-electron chi connectivity index (χ1n) is 7.05. The van der Waals surface area contributed by atoms with Crippen LogP contribution in [0.25, 0.3) is 0 Å².